The maximum atomic E-state index is 12.6. The smallest absolute Gasteiger partial charge is 0.266 e. The summed E-state index contributed by atoms with van der Waals surface area (Å²) in [5, 5.41) is 17.5. The highest BCUT2D eigenvalue weighted by molar-refractivity contribution is 6.16. The maximum Gasteiger partial charge on any atom is 0.266 e. The Morgan fingerprint density at radius 3 is 2.67 bits per heavy atom. The monoisotopic (exact) mass is 232 g/mol. The van der Waals surface area contributed by atoms with Crippen molar-refractivity contribution in [2.45, 2.75) is 18.9 Å². The van der Waals surface area contributed by atoms with Gasteiger partial charge in [0.15, 0.2) is 0 Å². The minimum atomic E-state index is -2.83. The number of hydrogen-bond donors (Lipinski definition) is 1. The van der Waals surface area contributed by atoms with Gasteiger partial charge in [-0.3, -0.25) is 4.98 Å². The fourth-order valence-corrected chi connectivity index (χ4v) is 1.33. The van der Waals surface area contributed by atoms with Gasteiger partial charge in [0.25, 0.3) is 6.43 Å². The lowest BCUT2D eigenvalue weighted by atomic mass is 10.1. The zero-order chi connectivity index (χ0) is 11.4. The largest absolute Gasteiger partial charge is 0.390 e. The minimum absolute atomic E-state index is 0.00516. The van der Waals surface area contributed by atoms with E-state index in [9.17, 15) is 8.78 Å². The molecule has 1 aromatic rings. The summed E-state index contributed by atoms with van der Waals surface area (Å²) in [7, 11) is 0. The Bertz CT molecular complexity index is 404. The zero-order valence-corrected chi connectivity index (χ0v) is 8.30. The molecule has 0 aliphatic rings. The van der Waals surface area contributed by atoms with Crippen molar-refractivity contribution in [3.05, 3.63) is 28.6 Å². The van der Waals surface area contributed by atoms with Gasteiger partial charge < -0.3 is 5.11 Å². The van der Waals surface area contributed by atoms with Crippen LogP contribution in [0, 0.1) is 11.3 Å². The molecule has 6 heteroatoms. The molecule has 0 aromatic carbocycles. The van der Waals surface area contributed by atoms with E-state index in [4.69, 9.17) is 22.0 Å². The molecule has 0 fully saturated rings. The van der Waals surface area contributed by atoms with Crippen LogP contribution in [0.25, 0.3) is 0 Å². The van der Waals surface area contributed by atoms with Gasteiger partial charge in [-0.15, -0.1) is 11.6 Å². The molecule has 1 N–H and O–H groups in total. The average Bonchev–Trinajstić information content (AvgIpc) is 2.26. The summed E-state index contributed by atoms with van der Waals surface area (Å²) in [6, 6.07) is 2.84. The first-order valence-electron chi connectivity index (χ1n) is 4.01. The first-order chi connectivity index (χ1) is 7.13. The predicted octanol–water partition coefficient (Wildman–Crippen LogP) is 2.12. The van der Waals surface area contributed by atoms with E-state index in [1.165, 1.54) is 6.07 Å². The first kappa shape index (κ1) is 11.8. The van der Waals surface area contributed by atoms with Crippen molar-refractivity contribution in [1.29, 1.82) is 5.26 Å². The van der Waals surface area contributed by atoms with Crippen molar-refractivity contribution < 1.29 is 13.9 Å². The Labute approximate surface area is 89.9 Å². The molecular formula is C9H7ClF2N2O. The molecule has 3 nitrogen and oxygen atoms in total. The van der Waals surface area contributed by atoms with Crippen molar-refractivity contribution in [2.24, 2.45) is 0 Å². The van der Waals surface area contributed by atoms with Crippen LogP contribution in [0.3, 0.4) is 0 Å². The summed E-state index contributed by atoms with van der Waals surface area (Å²) in [5.74, 6) is 0.00516. The molecule has 1 aromatic heterocycles. The number of halogens is 3. The Morgan fingerprint density at radius 2 is 2.27 bits per heavy atom. The number of nitrogens with zero attached hydrogens (tertiary/aromatic N) is 2. The van der Waals surface area contributed by atoms with E-state index in [2.05, 4.69) is 4.98 Å². The van der Waals surface area contributed by atoms with Gasteiger partial charge >= 0.3 is 0 Å². The summed E-state index contributed by atoms with van der Waals surface area (Å²) in [6.07, 6.45) is -2.83. The minimum Gasteiger partial charge on any atom is -0.390 e. The second-order valence-corrected chi connectivity index (χ2v) is 2.99. The summed E-state index contributed by atoms with van der Waals surface area (Å²) < 4.78 is 25.1. The summed E-state index contributed by atoms with van der Waals surface area (Å²) in [6.45, 7) is -0.640. The number of aromatic nitrogens is 1. The quantitative estimate of drug-likeness (QED) is 0.812. The number of aliphatic hydroxyl groups is 1. The van der Waals surface area contributed by atoms with Crippen LogP contribution in [-0.4, -0.2) is 10.1 Å². The molecule has 0 saturated heterocycles. The number of pyridine rings is 1. The van der Waals surface area contributed by atoms with Crippen LogP contribution in [-0.2, 0) is 12.5 Å². The third-order valence-electron chi connectivity index (χ3n) is 1.82. The average molecular weight is 233 g/mol. The van der Waals surface area contributed by atoms with Gasteiger partial charge in [0, 0.05) is 0 Å². The van der Waals surface area contributed by atoms with E-state index < -0.39 is 18.6 Å². The van der Waals surface area contributed by atoms with Crippen molar-refractivity contribution in [3.63, 3.8) is 0 Å². The van der Waals surface area contributed by atoms with E-state index in [0.29, 0.717) is 5.69 Å². The van der Waals surface area contributed by atoms with E-state index in [1.54, 1.807) is 6.07 Å². The highest BCUT2D eigenvalue weighted by Crippen LogP contribution is 2.26. The number of nitriles is 1. The van der Waals surface area contributed by atoms with Crippen LogP contribution in [0.4, 0.5) is 8.78 Å². The van der Waals surface area contributed by atoms with Crippen molar-refractivity contribution in [1.82, 2.24) is 4.98 Å². The van der Waals surface area contributed by atoms with Gasteiger partial charge in [-0.1, -0.05) is 0 Å². The lowest BCUT2D eigenvalue weighted by Crippen LogP contribution is -2.04. The molecule has 0 atom stereocenters. The Morgan fingerprint density at radius 1 is 1.60 bits per heavy atom. The number of hydrogen-bond acceptors (Lipinski definition) is 3. The molecule has 0 spiro atoms. The van der Waals surface area contributed by atoms with Gasteiger partial charge in [0.05, 0.1) is 41.1 Å². The standard InChI is InChI=1S/C9H7ClF2N2O/c10-2-6-1-5(3-13)8(9(11)12)7(4-15)14-6/h1,9,15H,2,4H2. The van der Waals surface area contributed by atoms with Crippen LogP contribution >= 0.6 is 11.6 Å². The molecule has 0 unspecified atom stereocenters. The second-order valence-electron chi connectivity index (χ2n) is 2.73. The fraction of sp³-hybridized carbons (Fsp3) is 0.333. The SMILES string of the molecule is N#Cc1cc(CCl)nc(CO)c1C(F)F. The van der Waals surface area contributed by atoms with Crippen LogP contribution in [0.5, 0.6) is 0 Å². The topological polar surface area (TPSA) is 56.9 Å². The molecule has 0 amide bonds. The predicted molar refractivity (Wildman–Crippen MR) is 49.4 cm³/mol. The molecular weight excluding hydrogens is 226 g/mol. The van der Waals surface area contributed by atoms with E-state index in [0.717, 1.165) is 0 Å². The first-order valence-corrected chi connectivity index (χ1v) is 4.55. The van der Waals surface area contributed by atoms with Crippen LogP contribution in [0.1, 0.15) is 28.9 Å². The molecule has 0 bridgehead atoms. The maximum absolute atomic E-state index is 12.6. The second kappa shape index (κ2) is 5.01. The molecule has 0 aliphatic heterocycles. The molecule has 1 heterocycles. The van der Waals surface area contributed by atoms with Crippen molar-refractivity contribution >= 4 is 11.6 Å². The summed E-state index contributed by atoms with van der Waals surface area (Å²) in [5.41, 5.74) is -0.616. The third-order valence-corrected chi connectivity index (χ3v) is 2.09. The van der Waals surface area contributed by atoms with Gasteiger partial charge in [-0.05, 0) is 6.07 Å². The Hall–Kier alpha value is -1.25. The summed E-state index contributed by atoms with van der Waals surface area (Å²) in [4.78, 5) is 3.73. The molecule has 0 radical (unpaired) electrons. The zero-order valence-electron chi connectivity index (χ0n) is 7.54. The van der Waals surface area contributed by atoms with Crippen LogP contribution in [0.2, 0.25) is 0 Å². The third kappa shape index (κ3) is 2.41. The van der Waals surface area contributed by atoms with E-state index >= 15 is 0 Å². The molecule has 15 heavy (non-hydrogen) atoms. The highest BCUT2D eigenvalue weighted by atomic mass is 35.5. The van der Waals surface area contributed by atoms with Crippen molar-refractivity contribution in [2.75, 3.05) is 0 Å². The fourth-order valence-electron chi connectivity index (χ4n) is 1.19. The number of alkyl halides is 3. The van der Waals surface area contributed by atoms with E-state index in [-0.39, 0.29) is 17.1 Å². The van der Waals surface area contributed by atoms with Gasteiger partial charge in [0.2, 0.25) is 0 Å². The molecule has 1 rings (SSSR count). The molecule has 80 valence electrons. The molecule has 0 saturated carbocycles. The Kier molecular flexibility index (Phi) is 3.95. The number of rotatable bonds is 3. The van der Waals surface area contributed by atoms with Crippen LogP contribution < -0.4 is 0 Å². The summed E-state index contributed by atoms with van der Waals surface area (Å²) >= 11 is 5.48. The highest BCUT2D eigenvalue weighted by Gasteiger charge is 2.19. The lowest BCUT2D eigenvalue weighted by molar-refractivity contribution is 0.145. The lowest BCUT2D eigenvalue weighted by Gasteiger charge is -2.09. The molecule has 0 aliphatic carbocycles. The van der Waals surface area contributed by atoms with E-state index in [1.807, 2.05) is 0 Å². The normalized spacial score (nSPS) is 10.4. The Balaban J connectivity index is 3.41. The number of aliphatic hydroxyl groups excluding tert-OH is 1. The van der Waals surface area contributed by atoms with Gasteiger partial charge in [-0.25, -0.2) is 8.78 Å². The van der Waals surface area contributed by atoms with Crippen molar-refractivity contribution in [3.8, 4) is 6.07 Å². The van der Waals surface area contributed by atoms with Crippen LogP contribution in [0.15, 0.2) is 6.07 Å². The van der Waals surface area contributed by atoms with Gasteiger partial charge in [0.1, 0.15) is 0 Å². The van der Waals surface area contributed by atoms with Gasteiger partial charge in [-0.2, -0.15) is 5.26 Å².